The van der Waals surface area contributed by atoms with E-state index in [1.54, 1.807) is 18.2 Å². The van der Waals surface area contributed by atoms with Crippen molar-refractivity contribution in [3.8, 4) is 11.3 Å². The number of hydrogen-bond donors (Lipinski definition) is 0. The van der Waals surface area contributed by atoms with Gasteiger partial charge in [0.1, 0.15) is 18.0 Å². The van der Waals surface area contributed by atoms with E-state index in [1.807, 2.05) is 24.4 Å². The van der Waals surface area contributed by atoms with Gasteiger partial charge in [-0.2, -0.15) is 0 Å². The molecule has 3 aromatic rings. The molecule has 1 aromatic heterocycles. The fourth-order valence-corrected chi connectivity index (χ4v) is 3.71. The Hall–Kier alpha value is -2.92. The molecule has 0 bridgehead atoms. The summed E-state index contributed by atoms with van der Waals surface area (Å²) < 4.78 is 27.1. The molecule has 1 fully saturated rings. The molecule has 29 heavy (non-hydrogen) atoms. The highest BCUT2D eigenvalue weighted by molar-refractivity contribution is 5.62. The summed E-state index contributed by atoms with van der Waals surface area (Å²) in [5.74, 6) is -0.420. The zero-order chi connectivity index (χ0) is 20.1. The average Bonchev–Trinajstić information content (AvgIpc) is 2.76. The van der Waals surface area contributed by atoms with Crippen LogP contribution in [0.5, 0.6) is 0 Å². The van der Waals surface area contributed by atoms with Crippen LogP contribution in [0.3, 0.4) is 0 Å². The standard InChI is InChI=1S/C24H23F2N3/c25-22-7-5-19(6-8-22)24-21(16-27-17-28-24)11-14-29-12-9-18(10-13-29)15-20-3-1-2-4-23(20)26/h1-8,15-17H,9-14H2. The Kier molecular flexibility index (Phi) is 6.06. The Bertz CT molecular complexity index is 989. The van der Waals surface area contributed by atoms with Crippen LogP contribution in [0.1, 0.15) is 24.0 Å². The molecule has 0 atom stereocenters. The molecular formula is C24H23F2N3. The molecule has 3 nitrogen and oxygen atoms in total. The Morgan fingerprint density at radius 3 is 2.48 bits per heavy atom. The van der Waals surface area contributed by atoms with E-state index in [2.05, 4.69) is 14.9 Å². The fraction of sp³-hybridized carbons (Fsp3) is 0.250. The van der Waals surface area contributed by atoms with Crippen molar-refractivity contribution in [2.24, 2.45) is 0 Å². The van der Waals surface area contributed by atoms with Crippen LogP contribution >= 0.6 is 0 Å². The maximum atomic E-state index is 13.8. The lowest BCUT2D eigenvalue weighted by atomic mass is 10.00. The molecule has 0 unspecified atom stereocenters. The van der Waals surface area contributed by atoms with E-state index in [4.69, 9.17) is 0 Å². The maximum Gasteiger partial charge on any atom is 0.130 e. The van der Waals surface area contributed by atoms with E-state index in [-0.39, 0.29) is 11.6 Å². The molecule has 4 rings (SSSR count). The SMILES string of the molecule is Fc1ccc(-c2ncncc2CCN2CCC(=Cc3ccccc3F)CC2)cc1. The second-order valence-corrected chi connectivity index (χ2v) is 7.32. The Morgan fingerprint density at radius 2 is 1.72 bits per heavy atom. The van der Waals surface area contributed by atoms with Crippen LogP contribution in [0.4, 0.5) is 8.78 Å². The minimum atomic E-state index is -0.253. The molecule has 0 N–H and O–H groups in total. The van der Waals surface area contributed by atoms with Crippen molar-refractivity contribution in [1.29, 1.82) is 0 Å². The second kappa shape index (κ2) is 9.05. The highest BCUT2D eigenvalue weighted by atomic mass is 19.1. The summed E-state index contributed by atoms with van der Waals surface area (Å²) in [7, 11) is 0. The van der Waals surface area contributed by atoms with E-state index >= 15 is 0 Å². The molecule has 0 spiro atoms. The Labute approximate surface area is 169 Å². The van der Waals surface area contributed by atoms with Crippen molar-refractivity contribution >= 4 is 6.08 Å². The van der Waals surface area contributed by atoms with Gasteiger partial charge >= 0.3 is 0 Å². The number of benzene rings is 2. The molecule has 1 aliphatic heterocycles. The summed E-state index contributed by atoms with van der Waals surface area (Å²) in [6.45, 7) is 2.83. The summed E-state index contributed by atoms with van der Waals surface area (Å²) in [6, 6.07) is 13.3. The number of piperidine rings is 1. The molecule has 148 valence electrons. The predicted octanol–water partition coefficient (Wildman–Crippen LogP) is 5.14. The van der Waals surface area contributed by atoms with Gasteiger partial charge in [-0.3, -0.25) is 0 Å². The van der Waals surface area contributed by atoms with Gasteiger partial charge in [-0.1, -0.05) is 29.8 Å². The van der Waals surface area contributed by atoms with E-state index in [1.165, 1.54) is 30.1 Å². The first kappa shape index (κ1) is 19.4. The zero-order valence-electron chi connectivity index (χ0n) is 16.2. The van der Waals surface area contributed by atoms with Crippen LogP contribution in [0.25, 0.3) is 17.3 Å². The van der Waals surface area contributed by atoms with Crippen LogP contribution in [0.15, 0.2) is 66.6 Å². The molecular weight excluding hydrogens is 368 g/mol. The first-order chi connectivity index (χ1) is 14.2. The topological polar surface area (TPSA) is 29.0 Å². The first-order valence-corrected chi connectivity index (χ1v) is 9.90. The molecule has 2 heterocycles. The minimum absolute atomic E-state index is 0.167. The van der Waals surface area contributed by atoms with Crippen LogP contribution < -0.4 is 0 Å². The third-order valence-corrected chi connectivity index (χ3v) is 5.37. The third-order valence-electron chi connectivity index (χ3n) is 5.37. The van der Waals surface area contributed by atoms with Gasteiger partial charge in [0, 0.05) is 37.0 Å². The van der Waals surface area contributed by atoms with Gasteiger partial charge in [0.25, 0.3) is 0 Å². The van der Waals surface area contributed by atoms with Crippen molar-refractivity contribution in [1.82, 2.24) is 14.9 Å². The molecule has 0 aliphatic carbocycles. The smallest absolute Gasteiger partial charge is 0.130 e. The number of aromatic nitrogens is 2. The van der Waals surface area contributed by atoms with Gasteiger partial charge < -0.3 is 4.90 Å². The van der Waals surface area contributed by atoms with E-state index in [0.717, 1.165) is 55.7 Å². The fourth-order valence-electron chi connectivity index (χ4n) is 3.71. The average molecular weight is 391 g/mol. The van der Waals surface area contributed by atoms with Crippen molar-refractivity contribution in [2.45, 2.75) is 19.3 Å². The molecule has 2 aromatic carbocycles. The highest BCUT2D eigenvalue weighted by Gasteiger charge is 2.15. The lowest BCUT2D eigenvalue weighted by molar-refractivity contribution is 0.260. The largest absolute Gasteiger partial charge is 0.302 e. The molecule has 0 saturated carbocycles. The monoisotopic (exact) mass is 391 g/mol. The third kappa shape index (κ3) is 4.93. The van der Waals surface area contributed by atoms with Crippen LogP contribution in [0, 0.1) is 11.6 Å². The second-order valence-electron chi connectivity index (χ2n) is 7.32. The van der Waals surface area contributed by atoms with Gasteiger partial charge in [0.05, 0.1) is 5.69 Å². The summed E-state index contributed by atoms with van der Waals surface area (Å²) in [5, 5.41) is 0. The zero-order valence-corrected chi connectivity index (χ0v) is 16.2. The van der Waals surface area contributed by atoms with Gasteiger partial charge in [0.2, 0.25) is 0 Å². The molecule has 5 heteroatoms. The normalized spacial score (nSPS) is 14.8. The number of likely N-dealkylation sites (tertiary alicyclic amines) is 1. The molecule has 0 radical (unpaired) electrons. The van der Waals surface area contributed by atoms with Crippen LogP contribution in [-0.2, 0) is 6.42 Å². The lowest BCUT2D eigenvalue weighted by Gasteiger charge is -2.28. The van der Waals surface area contributed by atoms with Gasteiger partial charge in [-0.15, -0.1) is 0 Å². The van der Waals surface area contributed by atoms with Crippen molar-refractivity contribution in [2.75, 3.05) is 19.6 Å². The van der Waals surface area contributed by atoms with Gasteiger partial charge in [-0.05, 0) is 55.2 Å². The van der Waals surface area contributed by atoms with E-state index in [9.17, 15) is 8.78 Å². The van der Waals surface area contributed by atoms with Gasteiger partial charge in [0.15, 0.2) is 0 Å². The summed E-state index contributed by atoms with van der Waals surface area (Å²) in [5.41, 5.74) is 4.78. The number of halogens is 2. The minimum Gasteiger partial charge on any atom is -0.302 e. The van der Waals surface area contributed by atoms with Crippen molar-refractivity contribution in [3.05, 3.63) is 89.4 Å². The molecule has 1 saturated heterocycles. The van der Waals surface area contributed by atoms with Crippen LogP contribution in [-0.4, -0.2) is 34.5 Å². The number of nitrogens with zero attached hydrogens (tertiary/aromatic N) is 3. The van der Waals surface area contributed by atoms with Gasteiger partial charge in [-0.25, -0.2) is 18.7 Å². The first-order valence-electron chi connectivity index (χ1n) is 9.90. The number of hydrogen-bond acceptors (Lipinski definition) is 3. The van der Waals surface area contributed by atoms with Crippen molar-refractivity contribution in [3.63, 3.8) is 0 Å². The van der Waals surface area contributed by atoms with Crippen molar-refractivity contribution < 1.29 is 8.78 Å². The van der Waals surface area contributed by atoms with Crippen LogP contribution in [0.2, 0.25) is 0 Å². The Balaban J connectivity index is 1.37. The predicted molar refractivity (Wildman–Crippen MR) is 111 cm³/mol. The molecule has 1 aliphatic rings. The highest BCUT2D eigenvalue weighted by Crippen LogP contribution is 2.23. The summed E-state index contributed by atoms with van der Waals surface area (Å²) in [4.78, 5) is 11.0. The Morgan fingerprint density at radius 1 is 0.966 bits per heavy atom. The number of rotatable bonds is 5. The lowest BCUT2D eigenvalue weighted by Crippen LogP contribution is -2.32. The quantitative estimate of drug-likeness (QED) is 0.603. The van der Waals surface area contributed by atoms with E-state index in [0.29, 0.717) is 5.56 Å². The molecule has 0 amide bonds. The summed E-state index contributed by atoms with van der Waals surface area (Å²) in [6.07, 6.45) is 8.10. The van der Waals surface area contributed by atoms with E-state index < -0.39 is 0 Å². The maximum absolute atomic E-state index is 13.8. The summed E-state index contributed by atoms with van der Waals surface area (Å²) >= 11 is 0.